The lowest BCUT2D eigenvalue weighted by atomic mass is 10.1. The Labute approximate surface area is 112 Å². The molecule has 19 heavy (non-hydrogen) atoms. The van der Waals surface area contributed by atoms with Gasteiger partial charge in [-0.25, -0.2) is 4.79 Å². The maximum Gasteiger partial charge on any atom is 0.324 e. The fourth-order valence-corrected chi connectivity index (χ4v) is 1.99. The molecule has 0 spiro atoms. The fourth-order valence-electron chi connectivity index (χ4n) is 1.99. The van der Waals surface area contributed by atoms with Gasteiger partial charge in [0.2, 0.25) is 0 Å². The normalized spacial score (nSPS) is 10.2. The summed E-state index contributed by atoms with van der Waals surface area (Å²) in [5.41, 5.74) is 8.36. The van der Waals surface area contributed by atoms with E-state index in [1.165, 1.54) is 11.0 Å². The average molecular weight is 256 g/mol. The van der Waals surface area contributed by atoms with Gasteiger partial charge in [-0.3, -0.25) is 4.90 Å². The number of nitrogens with two attached hydrogens (primary N) is 1. The van der Waals surface area contributed by atoms with Gasteiger partial charge >= 0.3 is 6.03 Å². The van der Waals surface area contributed by atoms with E-state index in [0.717, 1.165) is 11.1 Å². The van der Waals surface area contributed by atoms with Crippen molar-refractivity contribution in [2.75, 3.05) is 4.90 Å². The molecule has 0 unspecified atom stereocenters. The van der Waals surface area contributed by atoms with Gasteiger partial charge < -0.3 is 10.8 Å². The number of phenolic OH excluding ortho intramolecular Hbond substituents is 1. The molecular weight excluding hydrogens is 240 g/mol. The van der Waals surface area contributed by atoms with Crippen LogP contribution >= 0.6 is 0 Å². The van der Waals surface area contributed by atoms with Crippen molar-refractivity contribution in [3.63, 3.8) is 0 Å². The SMILES string of the molecule is Cc1ccc(N(C(N)=O)c2c(C)cccc2O)cc1. The molecule has 98 valence electrons. The number of carbonyl (C=O) groups is 1. The summed E-state index contributed by atoms with van der Waals surface area (Å²) in [7, 11) is 0. The van der Waals surface area contributed by atoms with Crippen molar-refractivity contribution in [1.82, 2.24) is 0 Å². The molecule has 2 aromatic rings. The second-order valence-corrected chi connectivity index (χ2v) is 4.45. The van der Waals surface area contributed by atoms with Crippen LogP contribution < -0.4 is 10.6 Å². The zero-order chi connectivity index (χ0) is 14.0. The summed E-state index contributed by atoms with van der Waals surface area (Å²) in [5.74, 6) is 0.0272. The number of hydrogen-bond donors (Lipinski definition) is 2. The Morgan fingerprint density at radius 1 is 1.11 bits per heavy atom. The van der Waals surface area contributed by atoms with Gasteiger partial charge in [0, 0.05) is 0 Å². The number of hydrogen-bond acceptors (Lipinski definition) is 2. The predicted molar refractivity (Wildman–Crippen MR) is 75.7 cm³/mol. The highest BCUT2D eigenvalue weighted by Gasteiger charge is 2.20. The maximum absolute atomic E-state index is 11.7. The second kappa shape index (κ2) is 5.02. The number of aryl methyl sites for hydroxylation is 2. The quantitative estimate of drug-likeness (QED) is 0.866. The minimum atomic E-state index is -0.631. The number of benzene rings is 2. The molecular formula is C15H16N2O2. The lowest BCUT2D eigenvalue weighted by molar-refractivity contribution is 0.256. The number of para-hydroxylation sites is 1. The summed E-state index contributed by atoms with van der Waals surface area (Å²) >= 11 is 0. The Hall–Kier alpha value is -2.49. The number of nitrogens with zero attached hydrogens (tertiary/aromatic N) is 1. The van der Waals surface area contributed by atoms with Crippen molar-refractivity contribution >= 4 is 17.4 Å². The molecule has 0 radical (unpaired) electrons. The smallest absolute Gasteiger partial charge is 0.324 e. The van der Waals surface area contributed by atoms with Crippen molar-refractivity contribution in [2.24, 2.45) is 5.73 Å². The minimum absolute atomic E-state index is 0.0272. The van der Waals surface area contributed by atoms with Gasteiger partial charge in [-0.2, -0.15) is 0 Å². The van der Waals surface area contributed by atoms with Crippen molar-refractivity contribution in [1.29, 1.82) is 0 Å². The first-order chi connectivity index (χ1) is 9.00. The van der Waals surface area contributed by atoms with E-state index >= 15 is 0 Å². The van der Waals surface area contributed by atoms with Crippen molar-refractivity contribution in [3.05, 3.63) is 53.6 Å². The van der Waals surface area contributed by atoms with Gasteiger partial charge in [-0.05, 0) is 37.6 Å². The number of primary amides is 1. The summed E-state index contributed by atoms with van der Waals surface area (Å²) in [6.07, 6.45) is 0. The Morgan fingerprint density at radius 3 is 2.26 bits per heavy atom. The van der Waals surface area contributed by atoms with Crippen molar-refractivity contribution in [2.45, 2.75) is 13.8 Å². The molecule has 2 rings (SSSR count). The molecule has 0 atom stereocenters. The molecule has 2 aromatic carbocycles. The van der Waals surface area contributed by atoms with Crippen LogP contribution in [0.2, 0.25) is 0 Å². The molecule has 0 aliphatic carbocycles. The highest BCUT2D eigenvalue weighted by atomic mass is 16.3. The number of phenols is 1. The van der Waals surface area contributed by atoms with Crippen LogP contribution in [0.5, 0.6) is 5.75 Å². The summed E-state index contributed by atoms with van der Waals surface area (Å²) in [4.78, 5) is 13.0. The average Bonchev–Trinajstić information content (AvgIpc) is 2.35. The zero-order valence-corrected chi connectivity index (χ0v) is 10.9. The Bertz CT molecular complexity index is 586. The molecule has 0 aliphatic heterocycles. The van der Waals surface area contributed by atoms with Crippen LogP contribution in [0.4, 0.5) is 16.2 Å². The predicted octanol–water partition coefficient (Wildman–Crippen LogP) is 3.23. The van der Waals surface area contributed by atoms with Gasteiger partial charge in [0.15, 0.2) is 0 Å². The maximum atomic E-state index is 11.7. The lowest BCUT2D eigenvalue weighted by Gasteiger charge is -2.23. The highest BCUT2D eigenvalue weighted by molar-refractivity contribution is 6.00. The summed E-state index contributed by atoms with van der Waals surface area (Å²) in [5, 5.41) is 9.98. The minimum Gasteiger partial charge on any atom is -0.506 e. The van der Waals surface area contributed by atoms with Crippen LogP contribution in [-0.4, -0.2) is 11.1 Å². The summed E-state index contributed by atoms with van der Waals surface area (Å²) in [6, 6.07) is 11.8. The summed E-state index contributed by atoms with van der Waals surface area (Å²) < 4.78 is 0. The van der Waals surface area contributed by atoms with Gasteiger partial charge in [0.05, 0.1) is 11.4 Å². The Kier molecular flexibility index (Phi) is 3.42. The number of anilines is 2. The fraction of sp³-hybridized carbons (Fsp3) is 0.133. The third-order valence-corrected chi connectivity index (χ3v) is 2.95. The van der Waals surface area contributed by atoms with Gasteiger partial charge in [-0.1, -0.05) is 29.8 Å². The van der Waals surface area contributed by atoms with E-state index in [1.54, 1.807) is 18.2 Å². The van der Waals surface area contributed by atoms with Crippen LogP contribution in [0.3, 0.4) is 0 Å². The number of rotatable bonds is 2. The second-order valence-electron chi connectivity index (χ2n) is 4.45. The van der Waals surface area contributed by atoms with Crippen LogP contribution in [-0.2, 0) is 0 Å². The van der Waals surface area contributed by atoms with E-state index in [9.17, 15) is 9.90 Å². The van der Waals surface area contributed by atoms with Crippen molar-refractivity contribution in [3.8, 4) is 5.75 Å². The van der Waals surface area contributed by atoms with E-state index < -0.39 is 6.03 Å². The van der Waals surface area contributed by atoms with Gasteiger partial charge in [0.1, 0.15) is 5.75 Å². The number of carbonyl (C=O) groups excluding carboxylic acids is 1. The topological polar surface area (TPSA) is 66.6 Å². The molecule has 0 bridgehead atoms. The third kappa shape index (κ3) is 2.52. The monoisotopic (exact) mass is 256 g/mol. The highest BCUT2D eigenvalue weighted by Crippen LogP contribution is 2.35. The van der Waals surface area contributed by atoms with E-state index in [4.69, 9.17) is 5.73 Å². The molecule has 4 heteroatoms. The third-order valence-electron chi connectivity index (χ3n) is 2.95. The van der Waals surface area contributed by atoms with Crippen molar-refractivity contribution < 1.29 is 9.90 Å². The zero-order valence-electron chi connectivity index (χ0n) is 10.9. The number of urea groups is 1. The van der Waals surface area contributed by atoms with Gasteiger partial charge in [0.25, 0.3) is 0 Å². The molecule has 0 heterocycles. The van der Waals surface area contributed by atoms with E-state index in [0.29, 0.717) is 11.4 Å². The Morgan fingerprint density at radius 2 is 1.74 bits per heavy atom. The van der Waals surface area contributed by atoms with E-state index in [-0.39, 0.29) is 5.75 Å². The molecule has 0 aromatic heterocycles. The van der Waals surface area contributed by atoms with Gasteiger partial charge in [-0.15, -0.1) is 0 Å². The van der Waals surface area contributed by atoms with Crippen LogP contribution in [0, 0.1) is 13.8 Å². The molecule has 3 N–H and O–H groups in total. The summed E-state index contributed by atoms with van der Waals surface area (Å²) in [6.45, 7) is 3.78. The lowest BCUT2D eigenvalue weighted by Crippen LogP contribution is -2.32. The molecule has 2 amide bonds. The molecule has 4 nitrogen and oxygen atoms in total. The van der Waals surface area contributed by atoms with Crippen LogP contribution in [0.1, 0.15) is 11.1 Å². The van der Waals surface area contributed by atoms with E-state index in [2.05, 4.69) is 0 Å². The molecule has 0 saturated carbocycles. The largest absolute Gasteiger partial charge is 0.506 e. The molecule has 0 saturated heterocycles. The number of amides is 2. The first kappa shape index (κ1) is 13.0. The standard InChI is InChI=1S/C15H16N2O2/c1-10-6-8-12(9-7-10)17(15(16)19)14-11(2)4-3-5-13(14)18/h3-9,18H,1-2H3,(H2,16,19). The van der Waals surface area contributed by atoms with E-state index in [1.807, 2.05) is 32.0 Å². The molecule has 0 aliphatic rings. The first-order valence-corrected chi connectivity index (χ1v) is 5.95. The van der Waals surface area contributed by atoms with Crippen LogP contribution in [0.25, 0.3) is 0 Å². The Balaban J connectivity index is 2.58. The molecule has 0 fully saturated rings. The number of aromatic hydroxyl groups is 1. The van der Waals surface area contributed by atoms with Crippen LogP contribution in [0.15, 0.2) is 42.5 Å². The first-order valence-electron chi connectivity index (χ1n) is 5.95.